The minimum absolute atomic E-state index is 0.0776. The Morgan fingerprint density at radius 2 is 2.10 bits per heavy atom. The first-order chi connectivity index (χ1) is 15.1. The average molecular weight is 436 g/mol. The maximum absolute atomic E-state index is 12.5. The fourth-order valence-electron chi connectivity index (χ4n) is 3.20. The lowest BCUT2D eigenvalue weighted by Gasteiger charge is -2.14. The van der Waals surface area contributed by atoms with Crippen molar-refractivity contribution < 1.29 is 14.3 Å². The number of hydrogen-bond acceptors (Lipinski definition) is 6. The van der Waals surface area contributed by atoms with Gasteiger partial charge in [0.25, 0.3) is 5.91 Å². The van der Waals surface area contributed by atoms with E-state index in [9.17, 15) is 4.79 Å². The Morgan fingerprint density at radius 1 is 1.32 bits per heavy atom. The van der Waals surface area contributed by atoms with Gasteiger partial charge in [-0.2, -0.15) is 5.26 Å². The van der Waals surface area contributed by atoms with E-state index >= 15 is 0 Å². The first-order valence-electron chi connectivity index (χ1n) is 9.94. The molecule has 31 heavy (non-hydrogen) atoms. The third-order valence-electron chi connectivity index (χ3n) is 4.71. The number of hydrogen-bond donors (Lipinski definition) is 2. The quantitative estimate of drug-likeness (QED) is 0.446. The van der Waals surface area contributed by atoms with E-state index in [1.807, 2.05) is 30.3 Å². The van der Waals surface area contributed by atoms with Crippen LogP contribution in [0.25, 0.3) is 6.08 Å². The first kappa shape index (κ1) is 22.3. The molecule has 1 heterocycles. The molecule has 0 spiro atoms. The van der Waals surface area contributed by atoms with E-state index in [-0.39, 0.29) is 18.0 Å². The molecule has 0 bridgehead atoms. The Morgan fingerprint density at radius 3 is 2.74 bits per heavy atom. The van der Waals surface area contributed by atoms with E-state index in [0.29, 0.717) is 22.8 Å². The van der Waals surface area contributed by atoms with Crippen LogP contribution < -0.4 is 20.1 Å². The number of nitrogens with zero attached hydrogens (tertiary/aromatic N) is 1. The fraction of sp³-hybridized carbons (Fsp3) is 0.250. The van der Waals surface area contributed by atoms with Gasteiger partial charge in [-0.15, -0.1) is 6.58 Å². The molecule has 6 nitrogen and oxygen atoms in total. The molecule has 0 aromatic heterocycles. The molecule has 1 saturated heterocycles. The summed E-state index contributed by atoms with van der Waals surface area (Å²) in [4.78, 5) is 13.1. The second kappa shape index (κ2) is 10.6. The number of anilines is 1. The molecule has 3 rings (SSSR count). The van der Waals surface area contributed by atoms with Gasteiger partial charge >= 0.3 is 0 Å². The normalized spacial score (nSPS) is 16.5. The minimum atomic E-state index is -0.251. The van der Waals surface area contributed by atoms with Crippen molar-refractivity contribution in [1.82, 2.24) is 5.32 Å². The molecule has 1 aliphatic heterocycles. The lowest BCUT2D eigenvalue weighted by molar-refractivity contribution is -0.116. The third kappa shape index (κ3) is 5.62. The predicted molar refractivity (Wildman–Crippen MR) is 125 cm³/mol. The zero-order valence-electron chi connectivity index (χ0n) is 17.6. The van der Waals surface area contributed by atoms with Gasteiger partial charge in [0.2, 0.25) is 0 Å². The number of ether oxygens (including phenoxy) is 2. The zero-order chi connectivity index (χ0) is 22.2. The van der Waals surface area contributed by atoms with Crippen molar-refractivity contribution in [3.63, 3.8) is 0 Å². The minimum Gasteiger partial charge on any atom is -0.493 e. The molecule has 1 fully saturated rings. The molecule has 1 aliphatic rings. The van der Waals surface area contributed by atoms with Gasteiger partial charge in [-0.1, -0.05) is 36.9 Å². The van der Waals surface area contributed by atoms with Crippen molar-refractivity contribution in [3.05, 3.63) is 70.6 Å². The molecule has 2 aromatic carbocycles. The van der Waals surface area contributed by atoms with E-state index in [4.69, 9.17) is 14.7 Å². The second-order valence-corrected chi connectivity index (χ2v) is 7.97. The Kier molecular flexibility index (Phi) is 7.63. The van der Waals surface area contributed by atoms with Crippen molar-refractivity contribution in [2.75, 3.05) is 19.0 Å². The van der Waals surface area contributed by atoms with Crippen molar-refractivity contribution in [2.45, 2.75) is 25.3 Å². The Labute approximate surface area is 186 Å². The van der Waals surface area contributed by atoms with Crippen molar-refractivity contribution in [2.24, 2.45) is 0 Å². The van der Waals surface area contributed by atoms with Crippen LogP contribution in [0.15, 0.2) is 54.0 Å². The highest BCUT2D eigenvalue weighted by atomic mass is 32.2. The van der Waals surface area contributed by atoms with Crippen LogP contribution in [0.1, 0.15) is 23.6 Å². The van der Waals surface area contributed by atoms with Crippen LogP contribution in [0.5, 0.6) is 11.5 Å². The number of thioether (sulfide) groups is 1. The largest absolute Gasteiger partial charge is 0.493 e. The summed E-state index contributed by atoms with van der Waals surface area (Å²) >= 11 is 1.42. The summed E-state index contributed by atoms with van der Waals surface area (Å²) in [5.41, 5.74) is 3.61. The Bertz CT molecular complexity index is 1030. The lowest BCUT2D eigenvalue weighted by Crippen LogP contribution is -2.30. The topological polar surface area (TPSA) is 83.4 Å². The molecule has 2 aromatic rings. The number of rotatable bonds is 9. The molecule has 1 amide bonds. The molecule has 1 atom stereocenters. The Hall–Kier alpha value is -3.37. The van der Waals surface area contributed by atoms with Crippen LogP contribution in [-0.4, -0.2) is 25.1 Å². The molecule has 0 radical (unpaired) electrons. The van der Waals surface area contributed by atoms with Crippen LogP contribution >= 0.6 is 11.8 Å². The molecule has 0 unspecified atom stereocenters. The smallest absolute Gasteiger partial charge is 0.260 e. The number of allylic oxidation sites excluding steroid dienone is 1. The fourth-order valence-corrected chi connectivity index (χ4v) is 4.18. The number of carbonyl (C=O) groups excluding carboxylic acids is 1. The molecule has 0 aliphatic carbocycles. The molecule has 2 N–H and O–H groups in total. The van der Waals surface area contributed by atoms with Crippen molar-refractivity contribution in [1.29, 1.82) is 5.26 Å². The molecule has 0 saturated carbocycles. The predicted octanol–water partition coefficient (Wildman–Crippen LogP) is 4.49. The van der Waals surface area contributed by atoms with Crippen LogP contribution in [0.2, 0.25) is 0 Å². The second-order valence-electron chi connectivity index (χ2n) is 6.83. The summed E-state index contributed by atoms with van der Waals surface area (Å²) in [5.74, 6) is 0.891. The van der Waals surface area contributed by atoms with E-state index in [1.165, 1.54) is 17.3 Å². The maximum Gasteiger partial charge on any atom is 0.260 e. The number of nitrogens with one attached hydrogen (secondary N) is 2. The maximum atomic E-state index is 12.5. The lowest BCUT2D eigenvalue weighted by atomic mass is 10.0. The molecular weight excluding hydrogens is 410 g/mol. The van der Waals surface area contributed by atoms with Gasteiger partial charge in [0.05, 0.1) is 12.0 Å². The van der Waals surface area contributed by atoms with Crippen LogP contribution in [0, 0.1) is 11.3 Å². The summed E-state index contributed by atoms with van der Waals surface area (Å²) in [7, 11) is 1.55. The highest BCUT2D eigenvalue weighted by molar-refractivity contribution is 8.05. The van der Waals surface area contributed by atoms with E-state index in [1.54, 1.807) is 19.3 Å². The van der Waals surface area contributed by atoms with Crippen LogP contribution in [0.3, 0.4) is 0 Å². The van der Waals surface area contributed by atoms with Gasteiger partial charge in [-0.3, -0.25) is 4.79 Å². The highest BCUT2D eigenvalue weighted by Crippen LogP contribution is 2.36. The molecule has 160 valence electrons. The summed E-state index contributed by atoms with van der Waals surface area (Å²) in [5, 5.41) is 15.1. The monoisotopic (exact) mass is 435 g/mol. The summed E-state index contributed by atoms with van der Waals surface area (Å²) in [6.45, 7) is 5.82. The van der Waals surface area contributed by atoms with Crippen LogP contribution in [-0.2, 0) is 17.6 Å². The van der Waals surface area contributed by atoms with E-state index in [2.05, 4.69) is 36.3 Å². The zero-order valence-corrected chi connectivity index (χ0v) is 18.4. The standard InChI is InChI=1S/C24H25N3O3S/c1-4-6-18-13-17(14-20(29-3)22(18)30-12-11-25)15-21-23(28)27-24(31-21)26-19-9-7-16(5-2)8-10-19/h4,7-10,13-15,24,26H,1,5-6,12H2,2-3H3,(H,27,28)/b21-15-/t24-/m1/s1. The first-order valence-corrected chi connectivity index (χ1v) is 10.8. The number of carbonyl (C=O) groups is 1. The molecular formula is C24H25N3O3S. The van der Waals surface area contributed by atoms with Gasteiger partial charge in [0, 0.05) is 11.3 Å². The SMILES string of the molecule is C=CCc1cc(/C=C2\S[C@H](Nc3ccc(CC)cc3)NC2=O)cc(OC)c1OCC#N. The number of methoxy groups -OCH3 is 1. The molecule has 7 heteroatoms. The van der Waals surface area contributed by atoms with Gasteiger partial charge in [0.15, 0.2) is 23.6 Å². The van der Waals surface area contributed by atoms with Gasteiger partial charge in [-0.05, 0) is 54.3 Å². The van der Waals surface area contributed by atoms with Crippen LogP contribution in [0.4, 0.5) is 5.69 Å². The summed E-state index contributed by atoms with van der Waals surface area (Å²) in [6.07, 6.45) is 5.11. The Balaban J connectivity index is 1.81. The third-order valence-corrected chi connectivity index (χ3v) is 5.74. The number of amides is 1. The highest BCUT2D eigenvalue weighted by Gasteiger charge is 2.27. The number of aryl methyl sites for hydroxylation is 1. The summed E-state index contributed by atoms with van der Waals surface area (Å²) in [6, 6.07) is 13.9. The number of nitriles is 1. The number of benzene rings is 2. The van der Waals surface area contributed by atoms with Gasteiger partial charge in [0.1, 0.15) is 6.07 Å². The van der Waals surface area contributed by atoms with Crippen molar-refractivity contribution in [3.8, 4) is 17.6 Å². The van der Waals surface area contributed by atoms with Crippen molar-refractivity contribution >= 4 is 29.4 Å². The summed E-state index contributed by atoms with van der Waals surface area (Å²) < 4.78 is 11.0. The van der Waals surface area contributed by atoms with E-state index < -0.39 is 0 Å². The van der Waals surface area contributed by atoms with E-state index in [0.717, 1.165) is 23.2 Å². The van der Waals surface area contributed by atoms with Gasteiger partial charge in [-0.25, -0.2) is 0 Å². The van der Waals surface area contributed by atoms with Gasteiger partial charge < -0.3 is 20.1 Å². The average Bonchev–Trinajstić information content (AvgIpc) is 3.11.